The van der Waals surface area contributed by atoms with Crippen LogP contribution in [0.2, 0.25) is 5.02 Å². The Labute approximate surface area is 143 Å². The molecule has 24 heavy (non-hydrogen) atoms. The topological polar surface area (TPSA) is 80.8 Å². The minimum absolute atomic E-state index is 0.279. The number of hydrogen-bond acceptors (Lipinski definition) is 5. The van der Waals surface area contributed by atoms with Crippen LogP contribution in [0.4, 0.5) is 10.1 Å². The minimum atomic E-state index is -3.91. The van der Waals surface area contributed by atoms with Crippen LogP contribution in [-0.4, -0.2) is 26.5 Å². The van der Waals surface area contributed by atoms with Gasteiger partial charge in [0, 0.05) is 17.2 Å². The molecule has 0 aromatic heterocycles. The smallest absolute Gasteiger partial charge is 0.306 e. The zero-order valence-corrected chi connectivity index (χ0v) is 14.2. The Balaban J connectivity index is 2.05. The van der Waals surface area contributed by atoms with Crippen LogP contribution in [0, 0.1) is 5.82 Å². The van der Waals surface area contributed by atoms with E-state index in [9.17, 15) is 22.4 Å². The second-order valence-electron chi connectivity index (χ2n) is 5.63. The average Bonchev–Trinajstić information content (AvgIpc) is 2.74. The molecule has 9 heteroatoms. The van der Waals surface area contributed by atoms with Crippen LogP contribution in [0.1, 0.15) is 25.7 Å². The highest BCUT2D eigenvalue weighted by Gasteiger charge is 2.41. The number of carbonyl (C=O) groups is 2. The lowest BCUT2D eigenvalue weighted by atomic mass is 9.93. The molecule has 128 valence electrons. The molecule has 0 radical (unpaired) electrons. The van der Waals surface area contributed by atoms with Crippen molar-refractivity contribution in [3.05, 3.63) is 34.1 Å². The number of amides is 2. The summed E-state index contributed by atoms with van der Waals surface area (Å²) in [6.45, 7) is 0. The number of nitrogens with zero attached hydrogens (tertiary/aromatic N) is 1. The van der Waals surface area contributed by atoms with Crippen molar-refractivity contribution in [2.24, 2.45) is 0 Å². The van der Waals surface area contributed by atoms with Crippen molar-refractivity contribution in [1.29, 1.82) is 0 Å². The van der Waals surface area contributed by atoms with Crippen molar-refractivity contribution >= 4 is 39.2 Å². The van der Waals surface area contributed by atoms with Crippen LogP contribution in [0.3, 0.4) is 0 Å². The summed E-state index contributed by atoms with van der Waals surface area (Å²) in [6, 6.07) is 1.77. The van der Waals surface area contributed by atoms with Crippen LogP contribution >= 0.6 is 11.6 Å². The monoisotopic (exact) mass is 373 g/mol. The summed E-state index contributed by atoms with van der Waals surface area (Å²) in [5.41, 5.74) is 0.416. The molecule has 1 aliphatic heterocycles. The molecule has 1 heterocycles. The molecule has 1 aromatic rings. The molecule has 2 aliphatic rings. The lowest BCUT2D eigenvalue weighted by Gasteiger charge is -2.17. The number of benzene rings is 1. The van der Waals surface area contributed by atoms with Crippen molar-refractivity contribution in [3.63, 3.8) is 0 Å². The van der Waals surface area contributed by atoms with Crippen LogP contribution in [0.5, 0.6) is 5.75 Å². The van der Waals surface area contributed by atoms with Gasteiger partial charge in [0.05, 0.1) is 17.0 Å². The predicted molar refractivity (Wildman–Crippen MR) is 84.9 cm³/mol. The van der Waals surface area contributed by atoms with Gasteiger partial charge in [-0.05, 0) is 31.7 Å². The number of carbonyl (C=O) groups excluding carboxylic acids is 2. The van der Waals surface area contributed by atoms with E-state index in [2.05, 4.69) is 4.18 Å². The molecular formula is C15H13ClFNO5S. The molecule has 3 rings (SSSR count). The van der Waals surface area contributed by atoms with Gasteiger partial charge < -0.3 is 4.18 Å². The van der Waals surface area contributed by atoms with Crippen molar-refractivity contribution in [2.75, 3.05) is 11.2 Å². The quantitative estimate of drug-likeness (QED) is 0.601. The molecule has 1 aromatic carbocycles. The van der Waals surface area contributed by atoms with Crippen LogP contribution < -0.4 is 9.08 Å². The van der Waals surface area contributed by atoms with Gasteiger partial charge >= 0.3 is 10.1 Å². The van der Waals surface area contributed by atoms with Crippen molar-refractivity contribution < 1.29 is 26.6 Å². The molecule has 0 saturated heterocycles. The molecule has 0 N–H and O–H groups in total. The highest BCUT2D eigenvalue weighted by molar-refractivity contribution is 7.86. The van der Waals surface area contributed by atoms with E-state index in [0.29, 0.717) is 24.0 Å². The number of hydrogen-bond donors (Lipinski definition) is 0. The number of halogens is 2. The van der Waals surface area contributed by atoms with E-state index in [1.54, 1.807) is 0 Å². The first-order valence-corrected chi connectivity index (χ1v) is 9.38. The summed E-state index contributed by atoms with van der Waals surface area (Å²) in [6.07, 6.45) is 3.32. The minimum Gasteiger partial charge on any atom is -0.381 e. The number of anilines is 1. The summed E-state index contributed by atoms with van der Waals surface area (Å²) < 4.78 is 41.5. The number of imide groups is 1. The standard InChI is InChI=1S/C15H13ClFNO5S/c1-24(21,22)23-13-7-12(11(17)6-10(13)16)18-14(19)8-4-2-3-5-9(8)15(18)20/h6-7H,2-5H2,1H3. The van der Waals surface area contributed by atoms with E-state index in [1.165, 1.54) is 0 Å². The third-order valence-corrected chi connectivity index (χ3v) is 4.65. The first-order valence-electron chi connectivity index (χ1n) is 7.18. The third-order valence-electron chi connectivity index (χ3n) is 3.87. The third kappa shape index (κ3) is 2.91. The van der Waals surface area contributed by atoms with Gasteiger partial charge in [0.1, 0.15) is 5.82 Å². The molecule has 2 amide bonds. The molecule has 6 nitrogen and oxygen atoms in total. The Morgan fingerprint density at radius 3 is 2.17 bits per heavy atom. The van der Waals surface area contributed by atoms with Crippen LogP contribution in [-0.2, 0) is 19.7 Å². The van der Waals surface area contributed by atoms with Crippen LogP contribution in [0.15, 0.2) is 23.3 Å². The summed E-state index contributed by atoms with van der Waals surface area (Å²) in [5, 5.41) is -0.279. The highest BCUT2D eigenvalue weighted by Crippen LogP contribution is 2.39. The normalized spacial score (nSPS) is 18.2. The maximum absolute atomic E-state index is 14.3. The lowest BCUT2D eigenvalue weighted by molar-refractivity contribution is -0.120. The molecule has 1 aliphatic carbocycles. The van der Waals surface area contributed by atoms with E-state index in [4.69, 9.17) is 11.6 Å². The molecular weight excluding hydrogens is 361 g/mol. The summed E-state index contributed by atoms with van der Waals surface area (Å²) in [5.74, 6) is -2.43. The van der Waals surface area contributed by atoms with Gasteiger partial charge in [-0.3, -0.25) is 9.59 Å². The zero-order chi connectivity index (χ0) is 17.6. The Morgan fingerprint density at radius 2 is 1.67 bits per heavy atom. The molecule has 0 atom stereocenters. The van der Waals surface area contributed by atoms with Gasteiger partial charge in [-0.25, -0.2) is 9.29 Å². The molecule has 0 saturated carbocycles. The highest BCUT2D eigenvalue weighted by atomic mass is 35.5. The van der Waals surface area contributed by atoms with Gasteiger partial charge in [-0.15, -0.1) is 0 Å². The van der Waals surface area contributed by atoms with Gasteiger partial charge in [-0.2, -0.15) is 8.42 Å². The van der Waals surface area contributed by atoms with Crippen LogP contribution in [0.25, 0.3) is 0 Å². The molecule has 0 unspecified atom stereocenters. The SMILES string of the molecule is CS(=O)(=O)Oc1cc(N2C(=O)C3=C(CCCC3)C2=O)c(F)cc1Cl. The van der Waals surface area contributed by atoms with Gasteiger partial charge in [0.2, 0.25) is 0 Å². The van der Waals surface area contributed by atoms with Gasteiger partial charge in [0.15, 0.2) is 5.75 Å². The van der Waals surface area contributed by atoms with E-state index in [-0.39, 0.29) is 16.5 Å². The Bertz CT molecular complexity index is 865. The largest absolute Gasteiger partial charge is 0.381 e. The fourth-order valence-corrected chi connectivity index (χ4v) is 3.57. The second kappa shape index (κ2) is 5.86. The van der Waals surface area contributed by atoms with Crippen molar-refractivity contribution in [1.82, 2.24) is 0 Å². The first-order chi connectivity index (χ1) is 11.2. The van der Waals surface area contributed by atoms with Gasteiger partial charge in [0.25, 0.3) is 11.8 Å². The van der Waals surface area contributed by atoms with Gasteiger partial charge in [-0.1, -0.05) is 11.6 Å². The Hall–Kier alpha value is -1.93. The fraction of sp³-hybridized carbons (Fsp3) is 0.333. The first kappa shape index (κ1) is 16.9. The maximum Gasteiger partial charge on any atom is 0.306 e. The Kier molecular flexibility index (Phi) is 4.13. The molecule has 0 bridgehead atoms. The number of rotatable bonds is 3. The van der Waals surface area contributed by atoms with E-state index in [1.807, 2.05) is 0 Å². The summed E-state index contributed by atoms with van der Waals surface area (Å²) >= 11 is 5.78. The second-order valence-corrected chi connectivity index (χ2v) is 7.61. The zero-order valence-electron chi connectivity index (χ0n) is 12.6. The van der Waals surface area contributed by atoms with E-state index in [0.717, 1.165) is 36.1 Å². The van der Waals surface area contributed by atoms with E-state index >= 15 is 0 Å². The summed E-state index contributed by atoms with van der Waals surface area (Å²) in [7, 11) is -3.91. The molecule has 0 fully saturated rings. The maximum atomic E-state index is 14.3. The average molecular weight is 374 g/mol. The lowest BCUT2D eigenvalue weighted by Crippen LogP contribution is -2.32. The summed E-state index contributed by atoms with van der Waals surface area (Å²) in [4.78, 5) is 25.7. The molecule has 0 spiro atoms. The Morgan fingerprint density at radius 1 is 1.12 bits per heavy atom. The fourth-order valence-electron chi connectivity index (χ4n) is 2.87. The van der Waals surface area contributed by atoms with Crippen molar-refractivity contribution in [2.45, 2.75) is 25.7 Å². The predicted octanol–water partition coefficient (Wildman–Crippen LogP) is 2.56. The van der Waals surface area contributed by atoms with Crippen molar-refractivity contribution in [3.8, 4) is 5.75 Å². The van der Waals surface area contributed by atoms with E-state index < -0.39 is 27.7 Å².